The maximum absolute atomic E-state index is 7.59. The van der Waals surface area contributed by atoms with Crippen LogP contribution in [0.15, 0.2) is 0 Å². The fraction of sp³-hybridized carbons (Fsp3) is 0.857. The Morgan fingerprint density at radius 1 is 1.10 bits per heavy atom. The van der Waals surface area contributed by atoms with Crippen LogP contribution in [0, 0.1) is 5.41 Å². The van der Waals surface area contributed by atoms with Gasteiger partial charge in [-0.3, -0.25) is 5.41 Å². The lowest BCUT2D eigenvalue weighted by Gasteiger charge is -2.23. The summed E-state index contributed by atoms with van der Waals surface area (Å²) in [7, 11) is 3.95. The lowest BCUT2D eigenvalue weighted by molar-refractivity contribution is 0.432. The van der Waals surface area contributed by atoms with Crippen molar-refractivity contribution in [1.82, 2.24) is 9.80 Å². The number of rotatable bonds is 0. The zero-order valence-corrected chi connectivity index (χ0v) is 6.72. The van der Waals surface area contributed by atoms with Crippen molar-refractivity contribution < 1.29 is 0 Å². The van der Waals surface area contributed by atoms with E-state index in [1.165, 1.54) is 12.8 Å². The zero-order valence-electron chi connectivity index (χ0n) is 6.72. The molecule has 1 heterocycles. The highest BCUT2D eigenvalue weighted by Crippen LogP contribution is 2.03. The highest BCUT2D eigenvalue weighted by Gasteiger charge is 2.12. The molecule has 0 aromatic heterocycles. The van der Waals surface area contributed by atoms with E-state index in [4.69, 9.17) is 5.41 Å². The van der Waals surface area contributed by atoms with E-state index in [1.807, 2.05) is 23.9 Å². The van der Waals surface area contributed by atoms with Gasteiger partial charge in [-0.15, -0.1) is 0 Å². The molecule has 0 bridgehead atoms. The van der Waals surface area contributed by atoms with Crippen molar-refractivity contribution in [2.24, 2.45) is 0 Å². The molecule has 0 aromatic rings. The molecule has 0 amide bonds. The van der Waals surface area contributed by atoms with Crippen molar-refractivity contribution in [3.63, 3.8) is 0 Å². The van der Waals surface area contributed by atoms with Gasteiger partial charge < -0.3 is 9.80 Å². The highest BCUT2D eigenvalue weighted by molar-refractivity contribution is 5.76. The number of guanidine groups is 1. The third-order valence-electron chi connectivity index (χ3n) is 1.96. The van der Waals surface area contributed by atoms with Gasteiger partial charge in [-0.1, -0.05) is 0 Å². The molecule has 10 heavy (non-hydrogen) atoms. The van der Waals surface area contributed by atoms with Gasteiger partial charge >= 0.3 is 0 Å². The first-order valence-corrected chi connectivity index (χ1v) is 3.72. The molecule has 0 unspecified atom stereocenters. The summed E-state index contributed by atoms with van der Waals surface area (Å²) in [6, 6.07) is 0. The van der Waals surface area contributed by atoms with Crippen LogP contribution < -0.4 is 0 Å². The minimum absolute atomic E-state index is 0.650. The Hall–Kier alpha value is -0.730. The third-order valence-corrected chi connectivity index (χ3v) is 1.96. The summed E-state index contributed by atoms with van der Waals surface area (Å²) in [4.78, 5) is 3.99. The Kier molecular flexibility index (Phi) is 2.14. The first kappa shape index (κ1) is 7.38. The summed E-state index contributed by atoms with van der Waals surface area (Å²) >= 11 is 0. The second kappa shape index (κ2) is 2.90. The van der Waals surface area contributed by atoms with E-state index in [1.54, 1.807) is 0 Å². The molecule has 1 N–H and O–H groups in total. The van der Waals surface area contributed by atoms with Gasteiger partial charge in [-0.25, -0.2) is 0 Å². The van der Waals surface area contributed by atoms with Crippen LogP contribution in [-0.4, -0.2) is 42.9 Å². The highest BCUT2D eigenvalue weighted by atomic mass is 15.3. The SMILES string of the molecule is CN1CCCCN(C)C1=N. The molecule has 3 nitrogen and oxygen atoms in total. The summed E-state index contributed by atoms with van der Waals surface area (Å²) in [5.41, 5.74) is 0. The van der Waals surface area contributed by atoms with Crippen LogP contribution in [0.3, 0.4) is 0 Å². The van der Waals surface area contributed by atoms with Crippen molar-refractivity contribution in [2.45, 2.75) is 12.8 Å². The first-order chi connectivity index (χ1) is 4.72. The van der Waals surface area contributed by atoms with Gasteiger partial charge in [0.05, 0.1) is 0 Å². The molecule has 58 valence electrons. The van der Waals surface area contributed by atoms with Crippen LogP contribution in [0.4, 0.5) is 0 Å². The lowest BCUT2D eigenvalue weighted by atomic mass is 10.3. The summed E-state index contributed by atoms with van der Waals surface area (Å²) in [5, 5.41) is 7.59. The maximum atomic E-state index is 7.59. The van der Waals surface area contributed by atoms with Crippen molar-refractivity contribution >= 4 is 5.96 Å². The average Bonchev–Trinajstić information content (AvgIpc) is 2.04. The molecule has 0 aromatic carbocycles. The van der Waals surface area contributed by atoms with Crippen molar-refractivity contribution in [3.05, 3.63) is 0 Å². The Morgan fingerprint density at radius 3 is 1.90 bits per heavy atom. The van der Waals surface area contributed by atoms with E-state index in [0.29, 0.717) is 5.96 Å². The van der Waals surface area contributed by atoms with Crippen LogP contribution in [0.5, 0.6) is 0 Å². The quantitative estimate of drug-likeness (QED) is 0.535. The average molecular weight is 141 g/mol. The Morgan fingerprint density at radius 2 is 1.50 bits per heavy atom. The largest absolute Gasteiger partial charge is 0.346 e. The molecule has 1 fully saturated rings. The Labute approximate surface area is 62.1 Å². The van der Waals surface area contributed by atoms with Gasteiger partial charge in [0.25, 0.3) is 0 Å². The van der Waals surface area contributed by atoms with E-state index in [0.717, 1.165) is 13.1 Å². The second-order valence-corrected chi connectivity index (χ2v) is 2.87. The molecular formula is C7H15N3. The Bertz CT molecular complexity index is 119. The van der Waals surface area contributed by atoms with Crippen molar-refractivity contribution in [3.8, 4) is 0 Å². The molecule has 0 atom stereocenters. The summed E-state index contributed by atoms with van der Waals surface area (Å²) in [5.74, 6) is 0.650. The number of hydrogen-bond donors (Lipinski definition) is 1. The van der Waals surface area contributed by atoms with E-state index in [9.17, 15) is 0 Å². The first-order valence-electron chi connectivity index (χ1n) is 3.72. The topological polar surface area (TPSA) is 30.3 Å². The van der Waals surface area contributed by atoms with Gasteiger partial charge in [-0.05, 0) is 12.8 Å². The van der Waals surface area contributed by atoms with E-state index >= 15 is 0 Å². The van der Waals surface area contributed by atoms with Crippen LogP contribution >= 0.6 is 0 Å². The molecule has 0 radical (unpaired) electrons. The van der Waals surface area contributed by atoms with Gasteiger partial charge in [0.1, 0.15) is 0 Å². The minimum atomic E-state index is 0.650. The van der Waals surface area contributed by atoms with Crippen LogP contribution in [-0.2, 0) is 0 Å². The molecular weight excluding hydrogens is 126 g/mol. The minimum Gasteiger partial charge on any atom is -0.346 e. The number of hydrogen-bond acceptors (Lipinski definition) is 1. The number of nitrogens with zero attached hydrogens (tertiary/aromatic N) is 2. The molecule has 0 aliphatic carbocycles. The fourth-order valence-electron chi connectivity index (χ4n) is 1.20. The predicted octanol–water partition coefficient (Wildman–Crippen LogP) is 0.579. The fourth-order valence-corrected chi connectivity index (χ4v) is 1.20. The van der Waals surface area contributed by atoms with Gasteiger partial charge in [0.2, 0.25) is 0 Å². The lowest BCUT2D eigenvalue weighted by Crippen LogP contribution is -2.37. The van der Waals surface area contributed by atoms with Gasteiger partial charge in [-0.2, -0.15) is 0 Å². The third kappa shape index (κ3) is 1.40. The normalized spacial score (nSPS) is 21.2. The molecule has 1 saturated heterocycles. The monoisotopic (exact) mass is 141 g/mol. The number of nitrogens with one attached hydrogen (secondary N) is 1. The molecule has 0 saturated carbocycles. The van der Waals surface area contributed by atoms with Crippen LogP contribution in [0.1, 0.15) is 12.8 Å². The van der Waals surface area contributed by atoms with E-state index in [2.05, 4.69) is 0 Å². The Balaban J connectivity index is 2.55. The molecule has 1 aliphatic rings. The standard InChI is InChI=1S/C7H15N3/c1-9-5-3-4-6-10(2)7(9)8/h8H,3-6H2,1-2H3. The predicted molar refractivity (Wildman–Crippen MR) is 42.2 cm³/mol. The summed E-state index contributed by atoms with van der Waals surface area (Å²) < 4.78 is 0. The van der Waals surface area contributed by atoms with E-state index < -0.39 is 0 Å². The molecule has 1 rings (SSSR count). The zero-order chi connectivity index (χ0) is 7.56. The smallest absolute Gasteiger partial charge is 0.193 e. The van der Waals surface area contributed by atoms with Crippen LogP contribution in [0.25, 0.3) is 0 Å². The molecule has 0 spiro atoms. The summed E-state index contributed by atoms with van der Waals surface area (Å²) in [6.45, 7) is 2.06. The van der Waals surface area contributed by atoms with Gasteiger partial charge in [0, 0.05) is 27.2 Å². The summed E-state index contributed by atoms with van der Waals surface area (Å²) in [6.07, 6.45) is 2.42. The van der Waals surface area contributed by atoms with Crippen molar-refractivity contribution in [1.29, 1.82) is 5.41 Å². The maximum Gasteiger partial charge on any atom is 0.193 e. The molecule has 1 aliphatic heterocycles. The van der Waals surface area contributed by atoms with Gasteiger partial charge in [0.15, 0.2) is 5.96 Å². The van der Waals surface area contributed by atoms with E-state index in [-0.39, 0.29) is 0 Å². The molecule has 3 heteroatoms. The van der Waals surface area contributed by atoms with Crippen molar-refractivity contribution in [2.75, 3.05) is 27.2 Å². The van der Waals surface area contributed by atoms with Crippen LogP contribution in [0.2, 0.25) is 0 Å². The second-order valence-electron chi connectivity index (χ2n) is 2.87.